The van der Waals surface area contributed by atoms with Gasteiger partial charge in [-0.2, -0.15) is 5.10 Å². The first-order valence-electron chi connectivity index (χ1n) is 7.70. The average Bonchev–Trinajstić information content (AvgIpc) is 2.81. The molecule has 0 saturated heterocycles. The number of nitrogens with one attached hydrogen (secondary N) is 1. The Balaban J connectivity index is 2.10. The van der Waals surface area contributed by atoms with Gasteiger partial charge in [-0.25, -0.2) is 15.1 Å². The van der Waals surface area contributed by atoms with E-state index in [1.807, 2.05) is 4.68 Å². The van der Waals surface area contributed by atoms with Gasteiger partial charge in [-0.1, -0.05) is 39.0 Å². The molecule has 19 heavy (non-hydrogen) atoms. The van der Waals surface area contributed by atoms with Gasteiger partial charge in [0.15, 0.2) is 0 Å². The molecule has 1 aliphatic carbocycles. The van der Waals surface area contributed by atoms with Gasteiger partial charge in [0.05, 0.1) is 6.04 Å². The lowest BCUT2D eigenvalue weighted by molar-refractivity contribution is 0.273. The Hall–Kier alpha value is -0.940. The third-order valence-electron chi connectivity index (χ3n) is 4.16. The molecule has 0 amide bonds. The van der Waals surface area contributed by atoms with Gasteiger partial charge in [0, 0.05) is 6.54 Å². The van der Waals surface area contributed by atoms with E-state index in [-0.39, 0.29) is 6.04 Å². The maximum atomic E-state index is 5.82. The van der Waals surface area contributed by atoms with E-state index in [0.717, 1.165) is 18.8 Å². The Kier molecular flexibility index (Phi) is 5.79. The zero-order valence-electron chi connectivity index (χ0n) is 12.0. The second kappa shape index (κ2) is 7.60. The minimum Gasteiger partial charge on any atom is -0.271 e. The number of hydrogen-bond acceptors (Lipinski definition) is 4. The second-order valence-corrected chi connectivity index (χ2v) is 5.59. The molecule has 1 atom stereocenters. The van der Waals surface area contributed by atoms with Crippen LogP contribution in [0.4, 0.5) is 0 Å². The maximum Gasteiger partial charge on any atom is 0.145 e. The summed E-state index contributed by atoms with van der Waals surface area (Å²) in [4.78, 5) is 4.44. The molecule has 0 bridgehead atoms. The molecule has 1 aromatic rings. The number of rotatable bonds is 5. The molecule has 0 aromatic carbocycles. The van der Waals surface area contributed by atoms with E-state index in [2.05, 4.69) is 22.4 Å². The van der Waals surface area contributed by atoms with Gasteiger partial charge in [0.1, 0.15) is 12.2 Å². The van der Waals surface area contributed by atoms with Crippen LogP contribution in [0.5, 0.6) is 0 Å². The molecule has 1 heterocycles. The number of nitrogens with two attached hydrogens (primary N) is 1. The molecule has 0 aliphatic heterocycles. The van der Waals surface area contributed by atoms with Gasteiger partial charge in [0.25, 0.3) is 0 Å². The summed E-state index contributed by atoms with van der Waals surface area (Å²) in [6.07, 6.45) is 11.9. The highest BCUT2D eigenvalue weighted by Crippen LogP contribution is 2.31. The SMILES string of the molecule is CCCn1ncnc1C(NN)C1CCCCCCC1. The summed E-state index contributed by atoms with van der Waals surface area (Å²) in [7, 11) is 0. The van der Waals surface area contributed by atoms with Gasteiger partial charge in [-0.15, -0.1) is 0 Å². The number of aryl methyl sites for hydroxylation is 1. The Bertz CT molecular complexity index is 354. The molecule has 1 saturated carbocycles. The first-order valence-corrected chi connectivity index (χ1v) is 7.70. The normalized spacial score (nSPS) is 19.9. The van der Waals surface area contributed by atoms with E-state index >= 15 is 0 Å². The fraction of sp³-hybridized carbons (Fsp3) is 0.857. The van der Waals surface area contributed by atoms with Gasteiger partial charge < -0.3 is 0 Å². The van der Waals surface area contributed by atoms with Gasteiger partial charge >= 0.3 is 0 Å². The van der Waals surface area contributed by atoms with Crippen molar-refractivity contribution in [3.05, 3.63) is 12.2 Å². The molecule has 1 aliphatic rings. The van der Waals surface area contributed by atoms with E-state index in [0.29, 0.717) is 5.92 Å². The number of aromatic nitrogens is 3. The monoisotopic (exact) mass is 265 g/mol. The van der Waals surface area contributed by atoms with E-state index in [1.54, 1.807) is 6.33 Å². The van der Waals surface area contributed by atoms with Crippen molar-refractivity contribution in [2.75, 3.05) is 0 Å². The molecule has 1 fully saturated rings. The van der Waals surface area contributed by atoms with Crippen LogP contribution in [0.3, 0.4) is 0 Å². The van der Waals surface area contributed by atoms with Crippen LogP contribution in [0.15, 0.2) is 6.33 Å². The number of hydrazine groups is 1. The summed E-state index contributed by atoms with van der Waals surface area (Å²) in [6, 6.07) is 0.146. The summed E-state index contributed by atoms with van der Waals surface area (Å²) >= 11 is 0. The first-order chi connectivity index (χ1) is 9.36. The quantitative estimate of drug-likeness (QED) is 0.634. The van der Waals surface area contributed by atoms with Crippen molar-refractivity contribution in [1.82, 2.24) is 20.2 Å². The topological polar surface area (TPSA) is 68.8 Å². The van der Waals surface area contributed by atoms with Crippen LogP contribution < -0.4 is 11.3 Å². The smallest absolute Gasteiger partial charge is 0.145 e. The summed E-state index contributed by atoms with van der Waals surface area (Å²) in [5.74, 6) is 7.42. The molecule has 2 rings (SSSR count). The second-order valence-electron chi connectivity index (χ2n) is 5.59. The predicted octanol–water partition coefficient (Wildman–Crippen LogP) is 2.55. The largest absolute Gasteiger partial charge is 0.271 e. The predicted molar refractivity (Wildman–Crippen MR) is 76.2 cm³/mol. The minimum absolute atomic E-state index is 0.146. The summed E-state index contributed by atoms with van der Waals surface area (Å²) in [5.41, 5.74) is 3.00. The lowest BCUT2D eigenvalue weighted by Crippen LogP contribution is -2.36. The summed E-state index contributed by atoms with van der Waals surface area (Å²) < 4.78 is 2.00. The standard InChI is InChI=1S/C14H27N5/c1-2-10-19-14(16-11-17-19)13(18-15)12-8-6-4-3-5-7-9-12/h11-13,18H,2-10,15H2,1H3. The third kappa shape index (κ3) is 3.76. The highest BCUT2D eigenvalue weighted by atomic mass is 15.4. The Morgan fingerprint density at radius 1 is 1.32 bits per heavy atom. The minimum atomic E-state index is 0.146. The Labute approximate surface area is 115 Å². The molecular weight excluding hydrogens is 238 g/mol. The Morgan fingerprint density at radius 3 is 2.63 bits per heavy atom. The van der Waals surface area contributed by atoms with E-state index in [4.69, 9.17) is 5.84 Å². The van der Waals surface area contributed by atoms with Crippen molar-refractivity contribution in [3.63, 3.8) is 0 Å². The van der Waals surface area contributed by atoms with Crippen LogP contribution in [-0.4, -0.2) is 14.8 Å². The van der Waals surface area contributed by atoms with Crippen LogP contribution >= 0.6 is 0 Å². The zero-order valence-corrected chi connectivity index (χ0v) is 12.0. The fourth-order valence-electron chi connectivity index (χ4n) is 3.14. The first kappa shape index (κ1) is 14.5. The molecule has 1 unspecified atom stereocenters. The lowest BCUT2D eigenvalue weighted by atomic mass is 9.85. The highest BCUT2D eigenvalue weighted by molar-refractivity contribution is 4.97. The molecule has 5 heteroatoms. The Morgan fingerprint density at radius 2 is 2.00 bits per heavy atom. The summed E-state index contributed by atoms with van der Waals surface area (Å²) in [5, 5.41) is 4.32. The van der Waals surface area contributed by atoms with E-state index in [9.17, 15) is 0 Å². The van der Waals surface area contributed by atoms with Crippen molar-refractivity contribution in [1.29, 1.82) is 0 Å². The van der Waals surface area contributed by atoms with Gasteiger partial charge in [-0.3, -0.25) is 5.84 Å². The molecule has 3 N–H and O–H groups in total. The van der Waals surface area contributed by atoms with Crippen LogP contribution in [0.1, 0.15) is 70.2 Å². The number of nitrogens with zero attached hydrogens (tertiary/aromatic N) is 3. The van der Waals surface area contributed by atoms with Crippen LogP contribution in [-0.2, 0) is 6.54 Å². The highest BCUT2D eigenvalue weighted by Gasteiger charge is 2.26. The molecule has 108 valence electrons. The van der Waals surface area contributed by atoms with Crippen molar-refractivity contribution < 1.29 is 0 Å². The van der Waals surface area contributed by atoms with Crippen LogP contribution in [0, 0.1) is 5.92 Å². The van der Waals surface area contributed by atoms with E-state index in [1.165, 1.54) is 44.9 Å². The van der Waals surface area contributed by atoms with Gasteiger partial charge in [0.2, 0.25) is 0 Å². The van der Waals surface area contributed by atoms with Crippen molar-refractivity contribution in [2.24, 2.45) is 11.8 Å². The molecule has 5 nitrogen and oxygen atoms in total. The van der Waals surface area contributed by atoms with Crippen LogP contribution in [0.25, 0.3) is 0 Å². The van der Waals surface area contributed by atoms with Gasteiger partial charge in [-0.05, 0) is 25.2 Å². The van der Waals surface area contributed by atoms with E-state index < -0.39 is 0 Å². The average molecular weight is 265 g/mol. The van der Waals surface area contributed by atoms with Crippen LogP contribution in [0.2, 0.25) is 0 Å². The van der Waals surface area contributed by atoms with Crippen molar-refractivity contribution in [3.8, 4) is 0 Å². The van der Waals surface area contributed by atoms with Crippen molar-refractivity contribution >= 4 is 0 Å². The molecule has 0 radical (unpaired) electrons. The third-order valence-corrected chi connectivity index (χ3v) is 4.16. The fourth-order valence-corrected chi connectivity index (χ4v) is 3.14. The molecule has 0 spiro atoms. The zero-order chi connectivity index (χ0) is 13.5. The van der Waals surface area contributed by atoms with Crippen molar-refractivity contribution in [2.45, 2.75) is 70.9 Å². The molecular formula is C14H27N5. The molecule has 1 aromatic heterocycles. The summed E-state index contributed by atoms with van der Waals surface area (Å²) in [6.45, 7) is 3.08. The maximum absolute atomic E-state index is 5.82. The number of hydrogen-bond donors (Lipinski definition) is 2. The lowest BCUT2D eigenvalue weighted by Gasteiger charge is -2.27.